The summed E-state index contributed by atoms with van der Waals surface area (Å²) in [5, 5.41) is 0.777. The van der Waals surface area contributed by atoms with Gasteiger partial charge in [-0.15, -0.1) is 0 Å². The Hall–Kier alpha value is 0.620. The van der Waals surface area contributed by atoms with Crippen LogP contribution in [0.1, 0.15) is 33.6 Å². The first-order chi connectivity index (χ1) is 6.52. The fourth-order valence-corrected chi connectivity index (χ4v) is 1.07. The smallest absolute Gasteiger partial charge is 0.154 e. The summed E-state index contributed by atoms with van der Waals surface area (Å²) in [6.45, 7) is 7.46. The SMILES string of the molecule is CC(S)CCOC(C)OCCC(C)S. The molecule has 0 radical (unpaired) electrons. The predicted molar refractivity (Wildman–Crippen MR) is 67.5 cm³/mol. The van der Waals surface area contributed by atoms with E-state index in [1.165, 1.54) is 0 Å². The Balaban J connectivity index is 3.23. The fourth-order valence-electron chi connectivity index (χ4n) is 0.857. The highest BCUT2D eigenvalue weighted by molar-refractivity contribution is 7.81. The van der Waals surface area contributed by atoms with E-state index in [1.807, 2.05) is 6.92 Å². The Kier molecular flexibility index (Phi) is 9.28. The van der Waals surface area contributed by atoms with Gasteiger partial charge in [-0.25, -0.2) is 0 Å². The lowest BCUT2D eigenvalue weighted by molar-refractivity contribution is -0.131. The van der Waals surface area contributed by atoms with Crippen molar-refractivity contribution in [1.29, 1.82) is 0 Å². The predicted octanol–water partition coefficient (Wildman–Crippen LogP) is 2.78. The molecule has 0 aliphatic heterocycles. The number of thiol groups is 2. The Bertz CT molecular complexity index is 115. The first-order valence-electron chi connectivity index (χ1n) is 5.11. The van der Waals surface area contributed by atoms with Crippen molar-refractivity contribution < 1.29 is 9.47 Å². The fraction of sp³-hybridized carbons (Fsp3) is 1.00. The molecule has 0 bridgehead atoms. The molecular formula is C10H22O2S2. The van der Waals surface area contributed by atoms with Crippen LogP contribution in [-0.2, 0) is 9.47 Å². The van der Waals surface area contributed by atoms with Gasteiger partial charge in [0.1, 0.15) is 0 Å². The Morgan fingerprint density at radius 3 is 1.50 bits per heavy atom. The summed E-state index contributed by atoms with van der Waals surface area (Å²) in [4.78, 5) is 0. The molecule has 0 aliphatic carbocycles. The maximum Gasteiger partial charge on any atom is 0.154 e. The molecule has 4 heteroatoms. The van der Waals surface area contributed by atoms with Crippen molar-refractivity contribution in [3.8, 4) is 0 Å². The topological polar surface area (TPSA) is 18.5 Å². The Labute approximate surface area is 98.6 Å². The standard InChI is InChI=1S/C10H22O2S2/c1-8(13)4-6-11-10(3)12-7-5-9(2)14/h8-10,13-14H,4-7H2,1-3H3. The minimum absolute atomic E-state index is 0.117. The van der Waals surface area contributed by atoms with E-state index in [0.717, 1.165) is 12.8 Å². The monoisotopic (exact) mass is 238 g/mol. The summed E-state index contributed by atoms with van der Waals surface area (Å²) >= 11 is 8.53. The van der Waals surface area contributed by atoms with Crippen LogP contribution in [0.2, 0.25) is 0 Å². The average Bonchev–Trinajstić information content (AvgIpc) is 2.02. The minimum Gasteiger partial charge on any atom is -0.353 e. The number of rotatable bonds is 8. The van der Waals surface area contributed by atoms with Crippen LogP contribution in [-0.4, -0.2) is 30.0 Å². The molecule has 0 aromatic heterocycles. The van der Waals surface area contributed by atoms with Gasteiger partial charge in [-0.2, -0.15) is 25.3 Å². The zero-order chi connectivity index (χ0) is 11.0. The van der Waals surface area contributed by atoms with E-state index in [4.69, 9.17) is 9.47 Å². The quantitative estimate of drug-likeness (QED) is 0.500. The van der Waals surface area contributed by atoms with Crippen LogP contribution >= 0.6 is 25.3 Å². The number of hydrogen-bond acceptors (Lipinski definition) is 4. The zero-order valence-corrected chi connectivity index (χ0v) is 11.1. The van der Waals surface area contributed by atoms with Crippen molar-refractivity contribution in [2.24, 2.45) is 0 Å². The lowest BCUT2D eigenvalue weighted by Crippen LogP contribution is -2.16. The van der Waals surface area contributed by atoms with Crippen molar-refractivity contribution >= 4 is 25.3 Å². The van der Waals surface area contributed by atoms with Gasteiger partial charge in [0.05, 0.1) is 13.2 Å². The van der Waals surface area contributed by atoms with Gasteiger partial charge in [0.2, 0.25) is 0 Å². The van der Waals surface area contributed by atoms with Gasteiger partial charge < -0.3 is 9.47 Å². The molecule has 2 atom stereocenters. The third-order valence-electron chi connectivity index (χ3n) is 1.78. The van der Waals surface area contributed by atoms with E-state index in [2.05, 4.69) is 39.1 Å². The summed E-state index contributed by atoms with van der Waals surface area (Å²) in [5.74, 6) is 0. The summed E-state index contributed by atoms with van der Waals surface area (Å²) in [5.41, 5.74) is 0. The second kappa shape index (κ2) is 8.89. The maximum atomic E-state index is 5.44. The highest BCUT2D eigenvalue weighted by atomic mass is 32.1. The van der Waals surface area contributed by atoms with Crippen LogP contribution < -0.4 is 0 Å². The minimum atomic E-state index is -0.117. The normalized spacial score (nSPS) is 17.8. The van der Waals surface area contributed by atoms with Crippen molar-refractivity contribution in [3.05, 3.63) is 0 Å². The molecule has 14 heavy (non-hydrogen) atoms. The molecule has 0 aromatic carbocycles. The molecule has 0 saturated heterocycles. The maximum absolute atomic E-state index is 5.44. The van der Waals surface area contributed by atoms with E-state index in [0.29, 0.717) is 23.7 Å². The van der Waals surface area contributed by atoms with Gasteiger partial charge in [0, 0.05) is 10.5 Å². The van der Waals surface area contributed by atoms with Crippen LogP contribution in [0, 0.1) is 0 Å². The van der Waals surface area contributed by atoms with Crippen LogP contribution in [0.25, 0.3) is 0 Å². The van der Waals surface area contributed by atoms with Gasteiger partial charge in [-0.05, 0) is 19.8 Å². The van der Waals surface area contributed by atoms with Crippen molar-refractivity contribution in [3.63, 3.8) is 0 Å². The first-order valence-corrected chi connectivity index (χ1v) is 6.15. The summed E-state index contributed by atoms with van der Waals surface area (Å²) in [6, 6.07) is 0. The molecular weight excluding hydrogens is 216 g/mol. The summed E-state index contributed by atoms with van der Waals surface area (Å²) in [6.07, 6.45) is 1.80. The molecule has 0 rings (SSSR count). The lowest BCUT2D eigenvalue weighted by Gasteiger charge is -2.15. The Morgan fingerprint density at radius 1 is 0.857 bits per heavy atom. The molecule has 0 aliphatic rings. The van der Waals surface area contributed by atoms with E-state index in [-0.39, 0.29) is 6.29 Å². The number of hydrogen-bond donors (Lipinski definition) is 2. The van der Waals surface area contributed by atoms with Gasteiger partial charge in [-0.1, -0.05) is 13.8 Å². The first kappa shape index (κ1) is 14.6. The van der Waals surface area contributed by atoms with E-state index in [9.17, 15) is 0 Å². The second-order valence-electron chi connectivity index (χ2n) is 3.58. The van der Waals surface area contributed by atoms with E-state index < -0.39 is 0 Å². The molecule has 2 unspecified atom stereocenters. The summed E-state index contributed by atoms with van der Waals surface area (Å²) in [7, 11) is 0. The molecule has 0 spiro atoms. The Morgan fingerprint density at radius 2 is 1.21 bits per heavy atom. The average molecular weight is 238 g/mol. The van der Waals surface area contributed by atoms with Crippen molar-refractivity contribution in [1.82, 2.24) is 0 Å². The van der Waals surface area contributed by atoms with Crippen LogP contribution in [0.3, 0.4) is 0 Å². The molecule has 0 N–H and O–H groups in total. The van der Waals surface area contributed by atoms with Gasteiger partial charge in [-0.3, -0.25) is 0 Å². The van der Waals surface area contributed by atoms with Crippen LogP contribution in [0.15, 0.2) is 0 Å². The highest BCUT2D eigenvalue weighted by Gasteiger charge is 2.03. The summed E-state index contributed by atoms with van der Waals surface area (Å²) < 4.78 is 10.9. The molecule has 0 aromatic rings. The van der Waals surface area contributed by atoms with Gasteiger partial charge in [0.25, 0.3) is 0 Å². The van der Waals surface area contributed by atoms with E-state index >= 15 is 0 Å². The third-order valence-corrected chi connectivity index (χ3v) is 2.29. The van der Waals surface area contributed by atoms with Crippen molar-refractivity contribution in [2.45, 2.75) is 50.4 Å². The zero-order valence-electron chi connectivity index (χ0n) is 9.27. The van der Waals surface area contributed by atoms with Crippen molar-refractivity contribution in [2.75, 3.05) is 13.2 Å². The molecule has 0 amide bonds. The highest BCUT2D eigenvalue weighted by Crippen LogP contribution is 2.04. The molecule has 86 valence electrons. The molecule has 0 fully saturated rings. The lowest BCUT2D eigenvalue weighted by atomic mass is 10.3. The van der Waals surface area contributed by atoms with Crippen LogP contribution in [0.4, 0.5) is 0 Å². The second-order valence-corrected chi connectivity index (χ2v) is 5.35. The molecule has 0 saturated carbocycles. The van der Waals surface area contributed by atoms with Gasteiger partial charge in [0.15, 0.2) is 6.29 Å². The largest absolute Gasteiger partial charge is 0.353 e. The van der Waals surface area contributed by atoms with E-state index in [1.54, 1.807) is 0 Å². The molecule has 2 nitrogen and oxygen atoms in total. The van der Waals surface area contributed by atoms with Crippen LogP contribution in [0.5, 0.6) is 0 Å². The number of ether oxygens (including phenoxy) is 2. The van der Waals surface area contributed by atoms with Gasteiger partial charge >= 0.3 is 0 Å². The third kappa shape index (κ3) is 10.7. The molecule has 0 heterocycles.